The highest BCUT2D eigenvalue weighted by atomic mass is 16.7. The average Bonchev–Trinajstić information content (AvgIpc) is 2.83. The van der Waals surface area contributed by atoms with Crippen LogP contribution in [0.4, 0.5) is 4.79 Å². The monoisotopic (exact) mass is 283 g/mol. The van der Waals surface area contributed by atoms with Crippen molar-refractivity contribution in [1.82, 2.24) is 14.6 Å². The number of rotatable bonds is 1. The van der Waals surface area contributed by atoms with Crippen molar-refractivity contribution < 1.29 is 19.5 Å². The number of carbonyl (C=O) groups excluding carboxylic acids is 1. The molecule has 1 amide bonds. The summed E-state index contributed by atoms with van der Waals surface area (Å²) < 4.78 is 11.6. The van der Waals surface area contributed by atoms with E-state index in [1.165, 1.54) is 10.8 Å². The lowest BCUT2D eigenvalue weighted by molar-refractivity contribution is -0.158. The topological polar surface area (TPSA) is 114 Å². The average molecular weight is 283 g/mol. The number of fused-ring (bicyclic) bond motifs is 1. The van der Waals surface area contributed by atoms with Crippen LogP contribution in [0.5, 0.6) is 0 Å². The predicted molar refractivity (Wildman–Crippen MR) is 63.3 cm³/mol. The van der Waals surface area contributed by atoms with Gasteiger partial charge in [-0.1, -0.05) is 0 Å². The van der Waals surface area contributed by atoms with Crippen molar-refractivity contribution in [3.63, 3.8) is 0 Å². The fourth-order valence-electron chi connectivity index (χ4n) is 2.45. The summed E-state index contributed by atoms with van der Waals surface area (Å²) in [6.07, 6.45) is -0.380. The second-order valence-electron chi connectivity index (χ2n) is 4.83. The third kappa shape index (κ3) is 1.91. The van der Waals surface area contributed by atoms with E-state index >= 15 is 0 Å². The molecule has 2 fully saturated rings. The molecule has 0 aromatic carbocycles. The van der Waals surface area contributed by atoms with Gasteiger partial charge in [0.15, 0.2) is 0 Å². The molecule has 0 aliphatic carbocycles. The Hall–Kier alpha value is -2.13. The summed E-state index contributed by atoms with van der Waals surface area (Å²) >= 11 is 0. The van der Waals surface area contributed by atoms with Crippen molar-refractivity contribution in [3.05, 3.63) is 32.6 Å². The second-order valence-corrected chi connectivity index (χ2v) is 4.83. The molecule has 1 aromatic rings. The molecule has 20 heavy (non-hydrogen) atoms. The smallest absolute Gasteiger partial charge is 0.434 e. The first-order chi connectivity index (χ1) is 9.47. The number of aromatic nitrogens is 2. The van der Waals surface area contributed by atoms with Crippen molar-refractivity contribution in [3.8, 4) is 0 Å². The molecule has 0 spiro atoms. The van der Waals surface area contributed by atoms with Gasteiger partial charge >= 0.3 is 11.8 Å². The lowest BCUT2D eigenvalue weighted by atomic mass is 10.1. The number of hydrogen-bond donors (Lipinski definition) is 2. The maximum Gasteiger partial charge on any atom is 0.434 e. The van der Waals surface area contributed by atoms with Crippen molar-refractivity contribution in [2.24, 2.45) is 0 Å². The quantitative estimate of drug-likeness (QED) is 0.661. The number of amides is 1. The summed E-state index contributed by atoms with van der Waals surface area (Å²) in [5, 5.41) is 10.1. The van der Waals surface area contributed by atoms with E-state index in [1.54, 1.807) is 6.92 Å². The SMILES string of the molecule is Cc1cn([C@H]2C[C@@H]3[C@@H](COC(=O)N3O)O2)c(=O)[nH]c1=O. The minimum atomic E-state index is -0.833. The Morgan fingerprint density at radius 3 is 2.90 bits per heavy atom. The number of ether oxygens (including phenoxy) is 2. The standard InChI is InChI=1S/C11H13N3O6/c1-5-3-13(10(16)12-9(5)15)8-2-6-7(20-8)4-19-11(17)14(6)18/h3,6-8,18H,2,4H2,1H3,(H,12,15,16)/t6-,7-,8-/m1/s1. The van der Waals surface area contributed by atoms with E-state index in [9.17, 15) is 19.6 Å². The summed E-state index contributed by atoms with van der Waals surface area (Å²) in [5.74, 6) is 0. The van der Waals surface area contributed by atoms with Gasteiger partial charge in [0.25, 0.3) is 5.56 Å². The highest BCUT2D eigenvalue weighted by molar-refractivity contribution is 5.67. The minimum Gasteiger partial charge on any atom is -0.445 e. The molecule has 2 aliphatic rings. The molecule has 9 heteroatoms. The van der Waals surface area contributed by atoms with Gasteiger partial charge in [-0.15, -0.1) is 0 Å². The number of hydroxylamine groups is 2. The number of carbonyl (C=O) groups is 1. The molecule has 0 unspecified atom stereocenters. The van der Waals surface area contributed by atoms with Crippen LogP contribution in [0.2, 0.25) is 0 Å². The van der Waals surface area contributed by atoms with E-state index in [1.807, 2.05) is 0 Å². The highest BCUT2D eigenvalue weighted by Crippen LogP contribution is 2.33. The molecule has 2 aliphatic heterocycles. The Labute approximate surface area is 112 Å². The van der Waals surface area contributed by atoms with Crippen LogP contribution in [0.3, 0.4) is 0 Å². The predicted octanol–water partition coefficient (Wildman–Crippen LogP) is -0.657. The molecule has 9 nitrogen and oxygen atoms in total. The Morgan fingerprint density at radius 2 is 2.15 bits per heavy atom. The van der Waals surface area contributed by atoms with Crippen LogP contribution in [-0.2, 0) is 9.47 Å². The van der Waals surface area contributed by atoms with Crippen molar-refractivity contribution in [2.75, 3.05) is 6.61 Å². The van der Waals surface area contributed by atoms with Crippen LogP contribution < -0.4 is 11.2 Å². The fraction of sp³-hybridized carbons (Fsp3) is 0.545. The first-order valence-corrected chi connectivity index (χ1v) is 6.10. The third-order valence-corrected chi connectivity index (χ3v) is 3.53. The number of cyclic esters (lactones) is 1. The van der Waals surface area contributed by atoms with Crippen LogP contribution in [0.25, 0.3) is 0 Å². The highest BCUT2D eigenvalue weighted by Gasteiger charge is 2.46. The van der Waals surface area contributed by atoms with Gasteiger partial charge in [-0.2, -0.15) is 5.06 Å². The van der Waals surface area contributed by atoms with E-state index in [0.29, 0.717) is 10.6 Å². The molecule has 0 radical (unpaired) electrons. The zero-order valence-corrected chi connectivity index (χ0v) is 10.6. The van der Waals surface area contributed by atoms with Gasteiger partial charge in [-0.05, 0) is 6.92 Å². The van der Waals surface area contributed by atoms with Gasteiger partial charge in [0.1, 0.15) is 18.9 Å². The van der Waals surface area contributed by atoms with Crippen LogP contribution in [0, 0.1) is 6.92 Å². The van der Waals surface area contributed by atoms with Crippen molar-refractivity contribution in [2.45, 2.75) is 31.7 Å². The second kappa shape index (κ2) is 4.46. The third-order valence-electron chi connectivity index (χ3n) is 3.53. The molecule has 3 atom stereocenters. The number of aryl methyl sites for hydroxylation is 1. The molecule has 2 N–H and O–H groups in total. The molecule has 0 bridgehead atoms. The van der Waals surface area contributed by atoms with E-state index < -0.39 is 35.7 Å². The van der Waals surface area contributed by atoms with E-state index in [2.05, 4.69) is 4.98 Å². The van der Waals surface area contributed by atoms with Crippen molar-refractivity contribution in [1.29, 1.82) is 0 Å². The summed E-state index contributed by atoms with van der Waals surface area (Å²) in [6, 6.07) is -0.569. The van der Waals surface area contributed by atoms with Crippen LogP contribution in [0.15, 0.2) is 15.8 Å². The molecule has 3 rings (SSSR count). The van der Waals surface area contributed by atoms with Crippen LogP contribution in [0.1, 0.15) is 18.2 Å². The summed E-state index contributed by atoms with van der Waals surface area (Å²) in [4.78, 5) is 36.5. The van der Waals surface area contributed by atoms with E-state index in [0.717, 1.165) is 0 Å². The minimum absolute atomic E-state index is 0.0220. The van der Waals surface area contributed by atoms with Gasteiger partial charge in [0, 0.05) is 18.2 Å². The van der Waals surface area contributed by atoms with Gasteiger partial charge in [-0.3, -0.25) is 19.6 Å². The number of nitrogens with zero attached hydrogens (tertiary/aromatic N) is 2. The summed E-state index contributed by atoms with van der Waals surface area (Å²) in [5.41, 5.74) is -0.679. The lowest BCUT2D eigenvalue weighted by Gasteiger charge is -2.30. The Morgan fingerprint density at radius 1 is 1.40 bits per heavy atom. The molecular formula is C11H13N3O6. The number of nitrogens with one attached hydrogen (secondary N) is 1. The molecule has 108 valence electrons. The van der Waals surface area contributed by atoms with Gasteiger partial charge < -0.3 is 9.47 Å². The lowest BCUT2D eigenvalue weighted by Crippen LogP contribution is -2.50. The maximum absolute atomic E-state index is 11.8. The first kappa shape index (κ1) is 12.9. The number of hydrogen-bond acceptors (Lipinski definition) is 6. The van der Waals surface area contributed by atoms with Crippen LogP contribution >= 0.6 is 0 Å². The Bertz CT molecular complexity index is 665. The Balaban J connectivity index is 1.91. The number of H-pyrrole nitrogens is 1. The maximum atomic E-state index is 11.8. The zero-order chi connectivity index (χ0) is 14.4. The summed E-state index contributed by atoms with van der Waals surface area (Å²) in [6.45, 7) is 1.59. The Kier molecular flexibility index (Phi) is 2.87. The van der Waals surface area contributed by atoms with E-state index in [-0.39, 0.29) is 13.0 Å². The molecule has 0 saturated carbocycles. The van der Waals surface area contributed by atoms with Gasteiger partial charge in [-0.25, -0.2) is 9.59 Å². The molecule has 3 heterocycles. The largest absolute Gasteiger partial charge is 0.445 e. The van der Waals surface area contributed by atoms with Gasteiger partial charge in [0.05, 0.1) is 6.04 Å². The number of aromatic amines is 1. The van der Waals surface area contributed by atoms with Crippen LogP contribution in [-0.4, -0.2) is 44.7 Å². The van der Waals surface area contributed by atoms with E-state index in [4.69, 9.17) is 9.47 Å². The van der Waals surface area contributed by atoms with Crippen molar-refractivity contribution >= 4 is 6.09 Å². The van der Waals surface area contributed by atoms with Gasteiger partial charge in [0.2, 0.25) is 0 Å². The molecule has 2 saturated heterocycles. The first-order valence-electron chi connectivity index (χ1n) is 6.10. The normalized spacial score (nSPS) is 29.2. The molecule has 1 aromatic heterocycles. The zero-order valence-electron chi connectivity index (χ0n) is 10.6. The molecular weight excluding hydrogens is 270 g/mol. The summed E-state index contributed by atoms with van der Waals surface area (Å²) in [7, 11) is 0. The fourth-order valence-corrected chi connectivity index (χ4v) is 2.45.